The Bertz CT molecular complexity index is 612. The Labute approximate surface area is 135 Å². The van der Waals surface area contributed by atoms with Crippen molar-refractivity contribution < 1.29 is 4.79 Å². The van der Waals surface area contributed by atoms with Crippen LogP contribution in [0.15, 0.2) is 51.4 Å². The van der Waals surface area contributed by atoms with E-state index >= 15 is 0 Å². The van der Waals surface area contributed by atoms with Gasteiger partial charge in [0.15, 0.2) is 0 Å². The maximum Gasteiger partial charge on any atom is 0.243 e. The van der Waals surface area contributed by atoms with Crippen molar-refractivity contribution in [1.29, 1.82) is 0 Å². The van der Waals surface area contributed by atoms with Gasteiger partial charge in [-0.25, -0.2) is 0 Å². The number of hydrogen-bond donors (Lipinski definition) is 2. The van der Waals surface area contributed by atoms with Crippen LogP contribution in [0.3, 0.4) is 0 Å². The van der Waals surface area contributed by atoms with Crippen molar-refractivity contribution in [2.75, 3.05) is 17.2 Å². The van der Waals surface area contributed by atoms with Crippen LogP contribution in [0.2, 0.25) is 0 Å². The molecule has 0 atom stereocenters. The molecule has 2 rings (SSSR count). The molecule has 0 aliphatic heterocycles. The minimum Gasteiger partial charge on any atom is -0.376 e. The zero-order valence-electron chi connectivity index (χ0n) is 10.9. The summed E-state index contributed by atoms with van der Waals surface area (Å²) < 4.78 is 2.04. The molecule has 0 saturated heterocycles. The smallest absolute Gasteiger partial charge is 0.243 e. The zero-order valence-corrected chi connectivity index (χ0v) is 14.1. The molecule has 0 aromatic heterocycles. The predicted molar refractivity (Wildman–Crippen MR) is 90.1 cm³/mol. The molecule has 104 valence electrons. The lowest BCUT2D eigenvalue weighted by atomic mass is 10.2. The van der Waals surface area contributed by atoms with Crippen LogP contribution in [0.1, 0.15) is 5.56 Å². The summed E-state index contributed by atoms with van der Waals surface area (Å²) in [5.74, 6) is -0.0744. The van der Waals surface area contributed by atoms with Gasteiger partial charge in [0.25, 0.3) is 0 Å². The number of anilines is 2. The van der Waals surface area contributed by atoms with E-state index in [0.717, 1.165) is 25.9 Å². The van der Waals surface area contributed by atoms with Crippen LogP contribution in [0.4, 0.5) is 11.4 Å². The molecule has 0 radical (unpaired) electrons. The van der Waals surface area contributed by atoms with Crippen LogP contribution in [0.25, 0.3) is 0 Å². The van der Waals surface area contributed by atoms with Crippen LogP contribution in [-0.4, -0.2) is 12.5 Å². The molecular weight excluding hydrogens is 384 g/mol. The fraction of sp³-hybridized carbons (Fsp3) is 0.133. The summed E-state index contributed by atoms with van der Waals surface area (Å²) in [6.45, 7) is 2.22. The zero-order chi connectivity index (χ0) is 14.5. The van der Waals surface area contributed by atoms with E-state index in [1.165, 1.54) is 0 Å². The van der Waals surface area contributed by atoms with Gasteiger partial charge in [-0.1, -0.05) is 31.9 Å². The summed E-state index contributed by atoms with van der Waals surface area (Å²) in [5, 5.41) is 5.94. The maximum atomic E-state index is 11.9. The monoisotopic (exact) mass is 396 g/mol. The fourth-order valence-electron chi connectivity index (χ4n) is 1.68. The fourth-order valence-corrected chi connectivity index (χ4v) is 2.19. The Kier molecular flexibility index (Phi) is 5.20. The molecule has 5 heteroatoms. The van der Waals surface area contributed by atoms with Crippen molar-refractivity contribution in [1.82, 2.24) is 0 Å². The summed E-state index contributed by atoms with van der Waals surface area (Å²) in [6.07, 6.45) is 0. The lowest BCUT2D eigenvalue weighted by Crippen LogP contribution is -2.21. The standard InChI is InChI=1S/C15H14Br2N2O/c1-10-8-13(6-7-14(10)17)19-15(20)9-18-12-4-2-11(16)3-5-12/h2-8,18H,9H2,1H3,(H,19,20). The van der Waals surface area contributed by atoms with Crippen molar-refractivity contribution in [3.05, 3.63) is 57.0 Å². The minimum atomic E-state index is -0.0744. The molecular formula is C15H14Br2N2O. The molecule has 0 unspecified atom stereocenters. The first kappa shape index (κ1) is 15.1. The summed E-state index contributed by atoms with van der Waals surface area (Å²) in [5.41, 5.74) is 2.80. The number of carbonyl (C=O) groups is 1. The van der Waals surface area contributed by atoms with E-state index < -0.39 is 0 Å². The average molecular weight is 398 g/mol. The molecule has 0 aliphatic carbocycles. The normalized spacial score (nSPS) is 10.2. The second kappa shape index (κ2) is 6.90. The first-order valence-corrected chi connectivity index (χ1v) is 7.68. The van der Waals surface area contributed by atoms with Crippen LogP contribution in [0, 0.1) is 6.92 Å². The Morgan fingerprint density at radius 1 is 1.05 bits per heavy atom. The third kappa shape index (κ3) is 4.35. The second-order valence-corrected chi connectivity index (χ2v) is 6.14. The van der Waals surface area contributed by atoms with Crippen LogP contribution < -0.4 is 10.6 Å². The Morgan fingerprint density at radius 2 is 1.70 bits per heavy atom. The SMILES string of the molecule is Cc1cc(NC(=O)CNc2ccc(Br)cc2)ccc1Br. The van der Waals surface area contributed by atoms with Crippen molar-refractivity contribution in [2.45, 2.75) is 6.92 Å². The Hall–Kier alpha value is -1.33. The van der Waals surface area contributed by atoms with E-state index in [-0.39, 0.29) is 12.5 Å². The maximum absolute atomic E-state index is 11.9. The molecule has 0 saturated carbocycles. The van der Waals surface area contributed by atoms with Crippen LogP contribution in [-0.2, 0) is 4.79 Å². The first-order chi connectivity index (χ1) is 9.54. The quantitative estimate of drug-likeness (QED) is 0.793. The van der Waals surface area contributed by atoms with E-state index in [4.69, 9.17) is 0 Å². The lowest BCUT2D eigenvalue weighted by molar-refractivity contribution is -0.114. The first-order valence-electron chi connectivity index (χ1n) is 6.10. The van der Waals surface area contributed by atoms with Gasteiger partial charge in [0.05, 0.1) is 6.54 Å². The molecule has 0 fully saturated rings. The van der Waals surface area contributed by atoms with Crippen LogP contribution in [0.5, 0.6) is 0 Å². The molecule has 2 N–H and O–H groups in total. The van der Waals surface area contributed by atoms with Gasteiger partial charge in [-0.3, -0.25) is 4.79 Å². The molecule has 0 spiro atoms. The topological polar surface area (TPSA) is 41.1 Å². The second-order valence-electron chi connectivity index (χ2n) is 4.37. The van der Waals surface area contributed by atoms with Crippen molar-refractivity contribution in [3.63, 3.8) is 0 Å². The van der Waals surface area contributed by atoms with E-state index in [1.54, 1.807) is 0 Å². The van der Waals surface area contributed by atoms with Gasteiger partial charge in [0.1, 0.15) is 0 Å². The molecule has 2 aromatic rings. The van der Waals surface area contributed by atoms with Crippen molar-refractivity contribution in [3.8, 4) is 0 Å². The van der Waals surface area contributed by atoms with Gasteiger partial charge in [0.2, 0.25) is 5.91 Å². The summed E-state index contributed by atoms with van der Waals surface area (Å²) >= 11 is 6.81. The molecule has 0 heterocycles. The average Bonchev–Trinajstić information content (AvgIpc) is 2.42. The summed E-state index contributed by atoms with van der Waals surface area (Å²) in [7, 11) is 0. The van der Waals surface area contributed by atoms with Gasteiger partial charge < -0.3 is 10.6 Å². The molecule has 0 aliphatic rings. The number of carbonyl (C=O) groups excluding carboxylic acids is 1. The third-order valence-corrected chi connectivity index (χ3v) is 4.16. The molecule has 1 amide bonds. The highest BCUT2D eigenvalue weighted by molar-refractivity contribution is 9.10. The third-order valence-electron chi connectivity index (χ3n) is 2.74. The number of halogens is 2. The predicted octanol–water partition coefficient (Wildman–Crippen LogP) is 4.57. The van der Waals surface area contributed by atoms with Gasteiger partial charge in [0, 0.05) is 20.3 Å². The minimum absolute atomic E-state index is 0.0744. The van der Waals surface area contributed by atoms with Crippen LogP contribution >= 0.6 is 31.9 Å². The van der Waals surface area contributed by atoms with Gasteiger partial charge in [-0.2, -0.15) is 0 Å². The number of rotatable bonds is 4. The van der Waals surface area contributed by atoms with Crippen molar-refractivity contribution >= 4 is 49.1 Å². The van der Waals surface area contributed by atoms with Gasteiger partial charge >= 0.3 is 0 Å². The number of benzene rings is 2. The summed E-state index contributed by atoms with van der Waals surface area (Å²) in [6, 6.07) is 13.4. The highest BCUT2D eigenvalue weighted by Crippen LogP contribution is 2.20. The van der Waals surface area contributed by atoms with E-state index in [9.17, 15) is 4.79 Å². The van der Waals surface area contributed by atoms with E-state index in [0.29, 0.717) is 0 Å². The number of hydrogen-bond acceptors (Lipinski definition) is 2. The number of nitrogens with one attached hydrogen (secondary N) is 2. The van der Waals surface area contributed by atoms with E-state index in [2.05, 4.69) is 42.5 Å². The highest BCUT2D eigenvalue weighted by Gasteiger charge is 2.03. The molecule has 2 aromatic carbocycles. The highest BCUT2D eigenvalue weighted by atomic mass is 79.9. The van der Waals surface area contributed by atoms with E-state index in [1.807, 2.05) is 49.4 Å². The Morgan fingerprint density at radius 3 is 2.35 bits per heavy atom. The Balaban J connectivity index is 1.89. The molecule has 3 nitrogen and oxygen atoms in total. The largest absolute Gasteiger partial charge is 0.376 e. The van der Waals surface area contributed by atoms with Gasteiger partial charge in [-0.05, 0) is 55.0 Å². The van der Waals surface area contributed by atoms with Crippen molar-refractivity contribution in [2.24, 2.45) is 0 Å². The molecule has 20 heavy (non-hydrogen) atoms. The summed E-state index contributed by atoms with van der Waals surface area (Å²) in [4.78, 5) is 11.9. The lowest BCUT2D eigenvalue weighted by Gasteiger charge is -2.09. The van der Waals surface area contributed by atoms with Gasteiger partial charge in [-0.15, -0.1) is 0 Å². The number of aryl methyl sites for hydroxylation is 1. The number of amides is 1. The molecule has 0 bridgehead atoms.